The van der Waals surface area contributed by atoms with Crippen LogP contribution in [-0.2, 0) is 6.54 Å². The number of halogens is 1. The van der Waals surface area contributed by atoms with Gasteiger partial charge in [-0.3, -0.25) is 10.1 Å². The maximum atomic E-state index is 10.7. The smallest absolute Gasteiger partial charge is 0.330 e. The van der Waals surface area contributed by atoms with Crippen LogP contribution in [0.3, 0.4) is 0 Å². The Morgan fingerprint density at radius 2 is 2.30 bits per heavy atom. The van der Waals surface area contributed by atoms with Gasteiger partial charge in [0, 0.05) is 0 Å². The molecule has 20 heavy (non-hydrogen) atoms. The van der Waals surface area contributed by atoms with Crippen LogP contribution in [0, 0.1) is 10.1 Å². The van der Waals surface area contributed by atoms with E-state index in [2.05, 4.69) is 21.0 Å². The number of ether oxygens (including phenoxy) is 2. The predicted molar refractivity (Wildman–Crippen MR) is 72.7 cm³/mol. The van der Waals surface area contributed by atoms with E-state index in [0.717, 1.165) is 16.2 Å². The summed E-state index contributed by atoms with van der Waals surface area (Å²) in [6.07, 6.45) is 1.14. The van der Waals surface area contributed by atoms with Gasteiger partial charge >= 0.3 is 5.69 Å². The van der Waals surface area contributed by atoms with E-state index in [4.69, 9.17) is 15.2 Å². The van der Waals surface area contributed by atoms with E-state index in [1.54, 1.807) is 6.07 Å². The van der Waals surface area contributed by atoms with Crippen LogP contribution in [-0.4, -0.2) is 21.5 Å². The van der Waals surface area contributed by atoms with Gasteiger partial charge in [-0.05, 0) is 33.6 Å². The number of nitrogen functional groups attached to an aromatic ring is 1. The summed E-state index contributed by atoms with van der Waals surface area (Å²) in [5.74, 6) is 1.28. The lowest BCUT2D eigenvalue weighted by molar-refractivity contribution is -0.384. The summed E-state index contributed by atoms with van der Waals surface area (Å²) in [7, 11) is 0. The van der Waals surface area contributed by atoms with Gasteiger partial charge in [0.25, 0.3) is 0 Å². The molecule has 1 aromatic heterocycles. The minimum atomic E-state index is -0.561. The van der Waals surface area contributed by atoms with Crippen molar-refractivity contribution in [2.75, 3.05) is 12.5 Å². The molecule has 0 bridgehead atoms. The van der Waals surface area contributed by atoms with E-state index >= 15 is 0 Å². The van der Waals surface area contributed by atoms with Gasteiger partial charge < -0.3 is 15.2 Å². The number of nitrogens with two attached hydrogens (primary N) is 1. The molecule has 1 aliphatic rings. The first-order chi connectivity index (χ1) is 9.56. The molecule has 1 aliphatic heterocycles. The van der Waals surface area contributed by atoms with Crippen molar-refractivity contribution in [3.8, 4) is 11.5 Å². The van der Waals surface area contributed by atoms with Crippen molar-refractivity contribution in [2.45, 2.75) is 6.54 Å². The Hall–Kier alpha value is -2.29. The largest absolute Gasteiger partial charge is 0.454 e. The molecule has 0 radical (unpaired) electrons. The zero-order chi connectivity index (χ0) is 14.3. The highest BCUT2D eigenvalue weighted by molar-refractivity contribution is 9.10. The molecule has 2 aromatic rings. The number of benzene rings is 1. The Morgan fingerprint density at radius 3 is 3.00 bits per heavy atom. The molecule has 8 nitrogen and oxygen atoms in total. The standard InChI is InChI=1S/C11H9BrN4O4/c12-7-1-6(2-9-10(7)20-5-19-9)4-15-11(13)8(3-14-15)16(17)18/h1-3H,4-5,13H2. The molecule has 2 N–H and O–H groups in total. The predicted octanol–water partition coefficient (Wildman–Crippen LogP) is 1.91. The minimum absolute atomic E-state index is 0.0174. The number of aromatic nitrogens is 2. The quantitative estimate of drug-likeness (QED) is 0.675. The monoisotopic (exact) mass is 340 g/mol. The van der Waals surface area contributed by atoms with Gasteiger partial charge in [0.1, 0.15) is 6.20 Å². The van der Waals surface area contributed by atoms with Crippen molar-refractivity contribution in [2.24, 2.45) is 0 Å². The van der Waals surface area contributed by atoms with E-state index in [-0.39, 0.29) is 18.3 Å². The van der Waals surface area contributed by atoms with Gasteiger partial charge in [0.15, 0.2) is 11.5 Å². The highest BCUT2D eigenvalue weighted by Gasteiger charge is 2.20. The summed E-state index contributed by atoms with van der Waals surface area (Å²) < 4.78 is 12.7. The maximum absolute atomic E-state index is 10.7. The Labute approximate surface area is 121 Å². The number of rotatable bonds is 3. The van der Waals surface area contributed by atoms with E-state index in [1.165, 1.54) is 4.68 Å². The lowest BCUT2D eigenvalue weighted by Gasteiger charge is -2.06. The molecule has 3 rings (SSSR count). The Bertz CT molecular complexity index is 700. The molecule has 0 unspecified atom stereocenters. The van der Waals surface area contributed by atoms with Gasteiger partial charge in [0.2, 0.25) is 12.6 Å². The van der Waals surface area contributed by atoms with Crippen LogP contribution in [0.15, 0.2) is 22.8 Å². The molecule has 0 spiro atoms. The van der Waals surface area contributed by atoms with Crippen molar-refractivity contribution in [1.29, 1.82) is 0 Å². The van der Waals surface area contributed by atoms with Crippen molar-refractivity contribution < 1.29 is 14.4 Å². The fraction of sp³-hybridized carbons (Fsp3) is 0.182. The summed E-state index contributed by atoms with van der Waals surface area (Å²) >= 11 is 3.38. The molecule has 9 heteroatoms. The Morgan fingerprint density at radius 1 is 1.50 bits per heavy atom. The molecule has 0 atom stereocenters. The minimum Gasteiger partial charge on any atom is -0.454 e. The fourth-order valence-corrected chi connectivity index (χ4v) is 2.54. The Balaban J connectivity index is 1.92. The first kappa shape index (κ1) is 12.7. The van der Waals surface area contributed by atoms with Crippen LogP contribution in [0.1, 0.15) is 5.56 Å². The molecule has 0 aliphatic carbocycles. The van der Waals surface area contributed by atoms with Crippen LogP contribution in [0.5, 0.6) is 11.5 Å². The molecular formula is C11H9BrN4O4. The third-order valence-corrected chi connectivity index (χ3v) is 3.47. The van der Waals surface area contributed by atoms with E-state index in [9.17, 15) is 10.1 Å². The third-order valence-electron chi connectivity index (χ3n) is 2.88. The molecule has 0 saturated heterocycles. The molecule has 0 fully saturated rings. The highest BCUT2D eigenvalue weighted by Crippen LogP contribution is 2.40. The SMILES string of the molecule is Nc1c([N+](=O)[O-])cnn1Cc1cc(Br)c2c(c1)OCO2. The van der Waals surface area contributed by atoms with Gasteiger partial charge in [-0.15, -0.1) is 0 Å². The molecule has 2 heterocycles. The first-order valence-corrected chi connectivity index (χ1v) is 6.39. The number of hydrogen-bond acceptors (Lipinski definition) is 6. The van der Waals surface area contributed by atoms with Gasteiger partial charge in [0.05, 0.1) is 15.9 Å². The molecule has 1 aromatic carbocycles. The van der Waals surface area contributed by atoms with Gasteiger partial charge in [-0.1, -0.05) is 0 Å². The molecule has 0 saturated carbocycles. The van der Waals surface area contributed by atoms with Crippen molar-refractivity contribution in [3.05, 3.63) is 38.5 Å². The summed E-state index contributed by atoms with van der Waals surface area (Å²) in [4.78, 5) is 10.2. The number of hydrogen-bond donors (Lipinski definition) is 1. The topological polar surface area (TPSA) is 105 Å². The fourth-order valence-electron chi connectivity index (χ4n) is 1.94. The second kappa shape index (κ2) is 4.67. The average Bonchev–Trinajstić information content (AvgIpc) is 2.97. The summed E-state index contributed by atoms with van der Waals surface area (Å²) in [6.45, 7) is 0.474. The number of nitro groups is 1. The van der Waals surface area contributed by atoms with Crippen molar-refractivity contribution >= 4 is 27.4 Å². The Kier molecular flexibility index (Phi) is 2.97. The maximum Gasteiger partial charge on any atom is 0.330 e. The van der Waals surface area contributed by atoms with Crippen molar-refractivity contribution in [3.63, 3.8) is 0 Å². The van der Waals surface area contributed by atoms with Crippen LogP contribution in [0.4, 0.5) is 11.5 Å². The number of nitrogens with zero attached hydrogens (tertiary/aromatic N) is 3. The second-order valence-electron chi connectivity index (χ2n) is 4.14. The lowest BCUT2D eigenvalue weighted by atomic mass is 10.2. The van der Waals surface area contributed by atoms with Gasteiger partial charge in [-0.2, -0.15) is 5.10 Å². The van der Waals surface area contributed by atoms with E-state index < -0.39 is 4.92 Å². The second-order valence-corrected chi connectivity index (χ2v) is 5.00. The normalized spacial score (nSPS) is 12.7. The summed E-state index contributed by atoms with van der Waals surface area (Å²) in [6, 6.07) is 3.63. The zero-order valence-corrected chi connectivity index (χ0v) is 11.7. The lowest BCUT2D eigenvalue weighted by Crippen LogP contribution is -2.06. The van der Waals surface area contributed by atoms with Crippen molar-refractivity contribution in [1.82, 2.24) is 9.78 Å². The van der Waals surface area contributed by atoms with Crippen LogP contribution < -0.4 is 15.2 Å². The van der Waals surface area contributed by atoms with Crippen LogP contribution in [0.2, 0.25) is 0 Å². The summed E-state index contributed by atoms with van der Waals surface area (Å²) in [5, 5.41) is 14.6. The van der Waals surface area contributed by atoms with Gasteiger partial charge in [-0.25, -0.2) is 4.68 Å². The van der Waals surface area contributed by atoms with Crippen LogP contribution >= 0.6 is 15.9 Å². The molecular weight excluding hydrogens is 332 g/mol. The first-order valence-electron chi connectivity index (χ1n) is 5.60. The van der Waals surface area contributed by atoms with Crippen LogP contribution in [0.25, 0.3) is 0 Å². The number of anilines is 1. The average molecular weight is 341 g/mol. The zero-order valence-electron chi connectivity index (χ0n) is 10.1. The number of fused-ring (bicyclic) bond motifs is 1. The molecule has 104 valence electrons. The van der Waals surface area contributed by atoms with E-state index in [0.29, 0.717) is 18.0 Å². The summed E-state index contributed by atoms with van der Waals surface area (Å²) in [5.41, 5.74) is 6.33. The highest BCUT2D eigenvalue weighted by atomic mass is 79.9. The third kappa shape index (κ3) is 2.05. The van der Waals surface area contributed by atoms with E-state index in [1.807, 2.05) is 6.07 Å². The molecule has 0 amide bonds.